The van der Waals surface area contributed by atoms with Crippen LogP contribution in [-0.4, -0.2) is 50.5 Å². The predicted molar refractivity (Wildman–Crippen MR) is 99.0 cm³/mol. The summed E-state index contributed by atoms with van der Waals surface area (Å²) in [5.74, 6) is 0. The molecular formula is C17H38NNaO6S. The van der Waals surface area contributed by atoms with Gasteiger partial charge in [-0.3, -0.25) is 4.18 Å². The van der Waals surface area contributed by atoms with Gasteiger partial charge in [-0.2, -0.15) is 0 Å². The fourth-order valence-electron chi connectivity index (χ4n) is 1.99. The van der Waals surface area contributed by atoms with Gasteiger partial charge in [-0.25, -0.2) is 8.42 Å². The monoisotopic (exact) mass is 407 g/mol. The van der Waals surface area contributed by atoms with Crippen molar-refractivity contribution in [1.29, 1.82) is 0 Å². The van der Waals surface area contributed by atoms with Gasteiger partial charge in [0, 0.05) is 13.2 Å². The molecule has 0 rings (SSSR count). The molecule has 0 spiro atoms. The largest absolute Gasteiger partial charge is 1.00 e. The minimum atomic E-state index is -4.57. The fraction of sp³-hybridized carbons (Fsp3) is 1.00. The summed E-state index contributed by atoms with van der Waals surface area (Å²) in [6.07, 6.45) is 12.3. The molecule has 0 aromatic carbocycles. The molecule has 0 heterocycles. The van der Waals surface area contributed by atoms with Crippen LogP contribution in [0.5, 0.6) is 0 Å². The Morgan fingerprint density at radius 1 is 0.923 bits per heavy atom. The van der Waals surface area contributed by atoms with Crippen LogP contribution < -0.4 is 35.3 Å². The van der Waals surface area contributed by atoms with Crippen molar-refractivity contribution in [3.8, 4) is 0 Å². The van der Waals surface area contributed by atoms with Crippen LogP contribution in [0, 0.1) is 0 Å². The van der Waals surface area contributed by atoms with Crippen LogP contribution in [0.2, 0.25) is 0 Å². The van der Waals surface area contributed by atoms with Crippen LogP contribution in [0.15, 0.2) is 0 Å². The molecule has 0 fully saturated rings. The second kappa shape index (κ2) is 23.8. The van der Waals surface area contributed by atoms with E-state index in [1.807, 2.05) is 0 Å². The molecule has 7 nitrogen and oxygen atoms in total. The number of ether oxygens (including phenoxy) is 1. The number of rotatable bonds is 16. The smallest absolute Gasteiger partial charge is 0.726 e. The van der Waals surface area contributed by atoms with Crippen molar-refractivity contribution in [2.75, 3.05) is 26.4 Å². The number of nitrogens with two attached hydrogens (primary N) is 1. The molecule has 0 bridgehead atoms. The average molecular weight is 408 g/mol. The molecule has 0 aliphatic heterocycles. The summed E-state index contributed by atoms with van der Waals surface area (Å²) in [5.41, 5.74) is 4.92. The van der Waals surface area contributed by atoms with Crippen molar-refractivity contribution in [3.05, 3.63) is 0 Å². The summed E-state index contributed by atoms with van der Waals surface area (Å²) in [5, 5.41) is 8.24. The van der Waals surface area contributed by atoms with Gasteiger partial charge in [0.05, 0.1) is 19.3 Å². The maximum atomic E-state index is 10.1. The summed E-state index contributed by atoms with van der Waals surface area (Å²) in [6.45, 7) is 4.80. The van der Waals surface area contributed by atoms with Crippen molar-refractivity contribution >= 4 is 10.4 Å². The van der Waals surface area contributed by atoms with Gasteiger partial charge in [-0.15, -0.1) is 0 Å². The quantitative estimate of drug-likeness (QED) is 0.156. The summed E-state index contributed by atoms with van der Waals surface area (Å²) in [4.78, 5) is 0. The molecule has 0 aromatic heterocycles. The van der Waals surface area contributed by atoms with Crippen molar-refractivity contribution in [3.63, 3.8) is 0 Å². The molecule has 154 valence electrons. The molecule has 3 N–H and O–H groups in total. The zero-order chi connectivity index (χ0) is 19.4. The van der Waals surface area contributed by atoms with Gasteiger partial charge in [-0.05, 0) is 13.3 Å². The number of aliphatic hydroxyl groups is 1. The van der Waals surface area contributed by atoms with E-state index in [2.05, 4.69) is 11.1 Å². The third-order valence-corrected chi connectivity index (χ3v) is 3.89. The van der Waals surface area contributed by atoms with Crippen LogP contribution >= 0.6 is 0 Å². The summed E-state index contributed by atoms with van der Waals surface area (Å²) in [7, 11) is -4.57. The van der Waals surface area contributed by atoms with Gasteiger partial charge in [-0.1, -0.05) is 64.7 Å². The number of unbranched alkanes of at least 4 members (excludes halogenated alkanes) is 9. The predicted octanol–water partition coefficient (Wildman–Crippen LogP) is -0.269. The molecule has 0 aliphatic carbocycles. The Morgan fingerprint density at radius 3 is 1.73 bits per heavy atom. The molecule has 1 atom stereocenters. The second-order valence-corrected chi connectivity index (χ2v) is 7.16. The Balaban J connectivity index is -0.000000772. The van der Waals surface area contributed by atoms with Gasteiger partial charge in [0.2, 0.25) is 10.4 Å². The van der Waals surface area contributed by atoms with E-state index in [-0.39, 0.29) is 48.9 Å². The summed E-state index contributed by atoms with van der Waals surface area (Å²) >= 11 is 0. The van der Waals surface area contributed by atoms with Crippen molar-refractivity contribution < 1.29 is 56.6 Å². The zero-order valence-corrected chi connectivity index (χ0v) is 19.8. The van der Waals surface area contributed by atoms with Crippen LogP contribution in [-0.2, 0) is 19.3 Å². The first-order valence-corrected chi connectivity index (χ1v) is 10.7. The van der Waals surface area contributed by atoms with Crippen LogP contribution in [0.25, 0.3) is 0 Å². The molecule has 0 aromatic rings. The van der Waals surface area contributed by atoms with Gasteiger partial charge < -0.3 is 20.1 Å². The fourth-order valence-corrected chi connectivity index (χ4v) is 2.26. The number of hydrogen-bond donors (Lipinski definition) is 2. The molecule has 0 radical (unpaired) electrons. The Labute approximate surface area is 182 Å². The molecule has 1 unspecified atom stereocenters. The van der Waals surface area contributed by atoms with E-state index < -0.39 is 10.4 Å². The minimum Gasteiger partial charge on any atom is -0.726 e. The van der Waals surface area contributed by atoms with E-state index in [4.69, 9.17) is 15.6 Å². The van der Waals surface area contributed by atoms with Gasteiger partial charge in [0.15, 0.2) is 0 Å². The van der Waals surface area contributed by atoms with Crippen LogP contribution in [0.3, 0.4) is 0 Å². The molecule has 0 amide bonds. The third-order valence-electron chi connectivity index (χ3n) is 3.44. The average Bonchev–Trinajstić information content (AvgIpc) is 2.54. The minimum absolute atomic E-state index is 0. The molecule has 0 saturated carbocycles. The second-order valence-electron chi connectivity index (χ2n) is 6.11. The van der Waals surface area contributed by atoms with Gasteiger partial charge >= 0.3 is 29.6 Å². The topological polar surface area (TPSA) is 122 Å². The van der Waals surface area contributed by atoms with Crippen molar-refractivity contribution in [2.24, 2.45) is 5.73 Å². The van der Waals surface area contributed by atoms with E-state index >= 15 is 0 Å². The normalized spacial score (nSPS) is 12.0. The SMILES string of the molecule is CC(O)CN.CCCCCCCCCCCCOCCOS(=O)(=O)[O-].[Na+]. The number of hydrogen-bond acceptors (Lipinski definition) is 7. The van der Waals surface area contributed by atoms with E-state index in [0.29, 0.717) is 13.2 Å². The Kier molecular flexibility index (Phi) is 28.8. The Hall–Kier alpha value is 0.750. The molecule has 0 saturated heterocycles. The first kappa shape index (κ1) is 31.4. The third kappa shape index (κ3) is 35.8. The molecular weight excluding hydrogens is 369 g/mol. The van der Waals surface area contributed by atoms with Gasteiger partial charge in [0.1, 0.15) is 0 Å². The summed E-state index contributed by atoms with van der Waals surface area (Å²) < 4.78 is 39.5. The maximum absolute atomic E-state index is 10.1. The maximum Gasteiger partial charge on any atom is 1.00 e. The van der Waals surface area contributed by atoms with Crippen molar-refractivity contribution in [2.45, 2.75) is 84.2 Å². The molecule has 0 aliphatic rings. The standard InChI is InChI=1S/C14H30O5S.C3H9NO.Na/c1-2-3-4-5-6-7-8-9-10-11-12-18-13-14-19-20(15,16)17;1-3(5)2-4;/h2-14H2,1H3,(H,15,16,17);3,5H,2,4H2,1H3;/q;;+1/p-1. The Morgan fingerprint density at radius 2 is 1.35 bits per heavy atom. The first-order valence-electron chi connectivity index (χ1n) is 9.39. The van der Waals surface area contributed by atoms with E-state index in [1.165, 1.54) is 51.4 Å². The van der Waals surface area contributed by atoms with E-state index in [9.17, 15) is 13.0 Å². The number of aliphatic hydroxyl groups excluding tert-OH is 1. The first-order chi connectivity index (χ1) is 11.8. The van der Waals surface area contributed by atoms with Gasteiger partial charge in [0.25, 0.3) is 0 Å². The Bertz CT molecular complexity index is 355. The van der Waals surface area contributed by atoms with Crippen LogP contribution in [0.1, 0.15) is 78.1 Å². The summed E-state index contributed by atoms with van der Waals surface area (Å²) in [6, 6.07) is 0. The molecule has 26 heavy (non-hydrogen) atoms. The van der Waals surface area contributed by atoms with Crippen LogP contribution in [0.4, 0.5) is 0 Å². The zero-order valence-electron chi connectivity index (χ0n) is 17.0. The molecule has 9 heteroatoms. The van der Waals surface area contributed by atoms with E-state index in [0.717, 1.165) is 12.8 Å². The van der Waals surface area contributed by atoms with Crippen molar-refractivity contribution in [1.82, 2.24) is 0 Å². The van der Waals surface area contributed by atoms with E-state index in [1.54, 1.807) is 6.92 Å².